The highest BCUT2D eigenvalue weighted by Gasteiger charge is 2.26. The first-order valence-corrected chi connectivity index (χ1v) is 13.1. The van der Waals surface area contributed by atoms with Crippen LogP contribution < -0.4 is 0 Å². The van der Waals surface area contributed by atoms with E-state index in [9.17, 15) is 16.8 Å². The van der Waals surface area contributed by atoms with Crippen LogP contribution in [0, 0.1) is 0 Å². The first-order chi connectivity index (χ1) is 16.4. The Morgan fingerprint density at radius 3 is 1.21 bits per heavy atom. The summed E-state index contributed by atoms with van der Waals surface area (Å²) in [5.41, 5.74) is 2.06. The summed E-state index contributed by atoms with van der Waals surface area (Å²) in [4.78, 5) is 0.317. The minimum absolute atomic E-state index is 0.0119. The van der Waals surface area contributed by atoms with Gasteiger partial charge in [0.15, 0.2) is 10.1 Å². The number of nitrogens with zero attached hydrogens (tertiary/aromatic N) is 2. The average molecular weight is 491 g/mol. The SMILES string of the molecule is O=S(=O)(c1ccccc1)c1[nH]ncc1-c1ccc(-c2cn[nH]c2S(=O)(=O)c2ccccc2)cc1. The van der Waals surface area contributed by atoms with Gasteiger partial charge in [-0.05, 0) is 35.4 Å². The lowest BCUT2D eigenvalue weighted by Gasteiger charge is -2.08. The fourth-order valence-electron chi connectivity index (χ4n) is 3.63. The zero-order chi connectivity index (χ0) is 23.8. The van der Waals surface area contributed by atoms with Crippen LogP contribution >= 0.6 is 0 Å². The lowest BCUT2D eigenvalue weighted by Crippen LogP contribution is -2.04. The van der Waals surface area contributed by atoms with Crippen LogP contribution in [0.25, 0.3) is 22.3 Å². The van der Waals surface area contributed by atoms with Gasteiger partial charge >= 0.3 is 0 Å². The number of sulfone groups is 2. The molecule has 0 aliphatic carbocycles. The second-order valence-corrected chi connectivity index (χ2v) is 11.2. The molecule has 3 aromatic carbocycles. The van der Waals surface area contributed by atoms with Gasteiger partial charge in [0.25, 0.3) is 0 Å². The molecule has 0 saturated carbocycles. The quantitative estimate of drug-likeness (QED) is 0.369. The smallest absolute Gasteiger partial charge is 0.223 e. The largest absolute Gasteiger partial charge is 0.267 e. The number of aromatic nitrogens is 4. The van der Waals surface area contributed by atoms with Gasteiger partial charge in [-0.1, -0.05) is 60.7 Å². The molecule has 0 saturated heterocycles. The van der Waals surface area contributed by atoms with Gasteiger partial charge in [0, 0.05) is 11.1 Å². The van der Waals surface area contributed by atoms with E-state index in [1.54, 1.807) is 60.7 Å². The maximum atomic E-state index is 13.1. The number of aromatic amines is 2. The summed E-state index contributed by atoms with van der Waals surface area (Å²) in [7, 11) is -7.59. The summed E-state index contributed by atoms with van der Waals surface area (Å²) < 4.78 is 52.3. The molecular formula is C24H18N4O4S2. The summed E-state index contributed by atoms with van der Waals surface area (Å²) >= 11 is 0. The van der Waals surface area contributed by atoms with Crippen LogP contribution in [-0.4, -0.2) is 37.2 Å². The Hall–Kier alpha value is -4.02. The van der Waals surface area contributed by atoms with Crippen LogP contribution in [0.1, 0.15) is 0 Å². The van der Waals surface area contributed by atoms with Crippen LogP contribution in [-0.2, 0) is 19.7 Å². The lowest BCUT2D eigenvalue weighted by atomic mass is 10.0. The molecule has 0 atom stereocenters. The molecule has 0 unspecified atom stereocenters. The van der Waals surface area contributed by atoms with E-state index in [1.165, 1.54) is 36.7 Å². The summed E-state index contributed by atoms with van der Waals surface area (Å²) in [6.07, 6.45) is 2.90. The van der Waals surface area contributed by atoms with Crippen LogP contribution in [0.3, 0.4) is 0 Å². The number of H-pyrrole nitrogens is 2. The normalized spacial score (nSPS) is 12.0. The maximum Gasteiger partial charge on any atom is 0.223 e. The van der Waals surface area contributed by atoms with E-state index in [0.717, 1.165) is 0 Å². The van der Waals surface area contributed by atoms with Gasteiger partial charge in [-0.15, -0.1) is 0 Å². The van der Waals surface area contributed by atoms with E-state index >= 15 is 0 Å². The third-order valence-corrected chi connectivity index (χ3v) is 8.84. The van der Waals surface area contributed by atoms with Crippen molar-refractivity contribution >= 4 is 19.7 Å². The van der Waals surface area contributed by atoms with E-state index in [2.05, 4.69) is 20.4 Å². The van der Waals surface area contributed by atoms with Gasteiger partial charge in [-0.3, -0.25) is 10.2 Å². The van der Waals surface area contributed by atoms with Crippen molar-refractivity contribution in [2.24, 2.45) is 0 Å². The predicted octanol–water partition coefficient (Wildman–Crippen LogP) is 4.13. The summed E-state index contributed by atoms with van der Waals surface area (Å²) in [5.74, 6) is 0. The summed E-state index contributed by atoms with van der Waals surface area (Å²) in [6.45, 7) is 0. The van der Waals surface area contributed by atoms with Crippen LogP contribution in [0.4, 0.5) is 0 Å². The molecule has 0 aliphatic heterocycles. The number of rotatable bonds is 6. The predicted molar refractivity (Wildman–Crippen MR) is 125 cm³/mol. The second-order valence-electron chi connectivity index (χ2n) is 7.44. The Balaban J connectivity index is 1.52. The third kappa shape index (κ3) is 3.72. The second kappa shape index (κ2) is 8.40. The molecule has 34 heavy (non-hydrogen) atoms. The van der Waals surface area contributed by atoms with Crippen molar-refractivity contribution in [3.8, 4) is 22.3 Å². The molecule has 5 rings (SSSR count). The zero-order valence-electron chi connectivity index (χ0n) is 17.6. The molecule has 170 valence electrons. The third-order valence-electron chi connectivity index (χ3n) is 5.36. The summed E-state index contributed by atoms with van der Waals surface area (Å²) in [5, 5.41) is 13.1. The number of hydrogen-bond donors (Lipinski definition) is 2. The van der Waals surface area contributed by atoms with Crippen molar-refractivity contribution < 1.29 is 16.8 Å². The van der Waals surface area contributed by atoms with Crippen molar-refractivity contribution in [3.05, 3.63) is 97.3 Å². The first kappa shape index (κ1) is 21.8. The van der Waals surface area contributed by atoms with Crippen LogP contribution in [0.5, 0.6) is 0 Å². The monoisotopic (exact) mass is 490 g/mol. The molecule has 10 heteroatoms. The minimum Gasteiger partial charge on any atom is -0.267 e. The lowest BCUT2D eigenvalue weighted by molar-refractivity contribution is 0.590. The Morgan fingerprint density at radius 1 is 0.500 bits per heavy atom. The highest BCUT2D eigenvalue weighted by Crippen LogP contribution is 2.33. The minimum atomic E-state index is -3.80. The number of nitrogens with one attached hydrogen (secondary N) is 2. The Bertz CT molecular complexity index is 1530. The van der Waals surface area contributed by atoms with E-state index in [1.807, 2.05) is 0 Å². The van der Waals surface area contributed by atoms with Gasteiger partial charge in [-0.25, -0.2) is 16.8 Å². The fourth-order valence-corrected chi connectivity index (χ4v) is 6.40. The Labute approximate surface area is 196 Å². The molecular weight excluding hydrogens is 472 g/mol. The van der Waals surface area contributed by atoms with Gasteiger partial charge in [0.2, 0.25) is 19.7 Å². The van der Waals surface area contributed by atoms with Crippen molar-refractivity contribution in [2.45, 2.75) is 19.8 Å². The molecule has 0 radical (unpaired) electrons. The van der Waals surface area contributed by atoms with Crippen molar-refractivity contribution in [2.75, 3.05) is 0 Å². The molecule has 5 aromatic rings. The standard InChI is InChI=1S/C24H18N4O4S2/c29-33(30,19-7-3-1-4-8-19)23-21(15-25-27-23)17-11-13-18(14-12-17)22-16-26-28-24(22)34(31,32)20-9-5-2-6-10-20/h1-16H,(H,25,27)(H,26,28). The average Bonchev–Trinajstić information content (AvgIpc) is 3.56. The molecule has 0 amide bonds. The van der Waals surface area contributed by atoms with Crippen LogP contribution in [0.2, 0.25) is 0 Å². The molecule has 2 aromatic heterocycles. The van der Waals surface area contributed by atoms with Crippen molar-refractivity contribution in [3.63, 3.8) is 0 Å². The molecule has 0 spiro atoms. The van der Waals surface area contributed by atoms with Crippen molar-refractivity contribution in [1.82, 2.24) is 20.4 Å². The van der Waals surface area contributed by atoms with Crippen molar-refractivity contribution in [1.29, 1.82) is 0 Å². The molecule has 0 fully saturated rings. The molecule has 2 heterocycles. The van der Waals surface area contributed by atoms with E-state index < -0.39 is 19.7 Å². The van der Waals surface area contributed by atoms with Gasteiger partial charge in [0.05, 0.1) is 22.2 Å². The van der Waals surface area contributed by atoms with E-state index in [4.69, 9.17) is 0 Å². The Kier molecular flexibility index (Phi) is 5.39. The van der Waals surface area contributed by atoms with E-state index in [0.29, 0.717) is 22.3 Å². The maximum absolute atomic E-state index is 13.1. The molecule has 8 nitrogen and oxygen atoms in total. The van der Waals surface area contributed by atoms with Gasteiger partial charge < -0.3 is 0 Å². The molecule has 0 bridgehead atoms. The van der Waals surface area contributed by atoms with E-state index in [-0.39, 0.29) is 19.8 Å². The highest BCUT2D eigenvalue weighted by atomic mass is 32.2. The zero-order valence-corrected chi connectivity index (χ0v) is 19.2. The Morgan fingerprint density at radius 2 is 0.853 bits per heavy atom. The number of hydrogen-bond acceptors (Lipinski definition) is 6. The fraction of sp³-hybridized carbons (Fsp3) is 0. The van der Waals surface area contributed by atoms with Gasteiger partial charge in [0.1, 0.15) is 0 Å². The summed E-state index contributed by atoms with van der Waals surface area (Å²) in [6, 6.07) is 23.1. The highest BCUT2D eigenvalue weighted by molar-refractivity contribution is 7.91. The molecule has 2 N–H and O–H groups in total. The first-order valence-electron chi connectivity index (χ1n) is 10.2. The topological polar surface area (TPSA) is 126 Å². The van der Waals surface area contributed by atoms with Crippen LogP contribution in [0.15, 0.2) is 117 Å². The van der Waals surface area contributed by atoms with Gasteiger partial charge in [-0.2, -0.15) is 10.2 Å². The molecule has 0 aliphatic rings. The number of benzene rings is 3.